The van der Waals surface area contributed by atoms with Crippen LogP contribution in [0.2, 0.25) is 0 Å². The number of aliphatic hydroxyl groups is 1. The largest absolute Gasteiger partial charge is 0.468 e. The average molecular weight is 388 g/mol. The zero-order valence-electron chi connectivity index (χ0n) is 16.4. The molecule has 1 fully saturated rings. The van der Waals surface area contributed by atoms with Crippen molar-refractivity contribution in [3.05, 3.63) is 11.8 Å². The van der Waals surface area contributed by atoms with Gasteiger partial charge in [-0.25, -0.2) is 4.79 Å². The number of esters is 1. The number of hydrogen-bond acceptors (Lipinski definition) is 8. The van der Waals surface area contributed by atoms with Gasteiger partial charge in [0.25, 0.3) is 6.47 Å². The van der Waals surface area contributed by atoms with Gasteiger partial charge in [-0.2, -0.15) is 0 Å². The molecule has 27 heavy (non-hydrogen) atoms. The Kier molecular flexibility index (Phi) is 13.8. The van der Waals surface area contributed by atoms with E-state index in [1.54, 1.807) is 13.8 Å². The van der Waals surface area contributed by atoms with Crippen molar-refractivity contribution in [2.24, 2.45) is 10.9 Å². The van der Waals surface area contributed by atoms with Crippen LogP contribution in [0.3, 0.4) is 0 Å². The number of rotatable bonds is 12. The van der Waals surface area contributed by atoms with Crippen LogP contribution < -0.4 is 5.73 Å². The molecule has 0 aromatic heterocycles. The van der Waals surface area contributed by atoms with E-state index in [0.29, 0.717) is 31.9 Å². The predicted octanol–water partition coefficient (Wildman–Crippen LogP) is 1.63. The van der Waals surface area contributed by atoms with Crippen LogP contribution in [0.15, 0.2) is 17.0 Å². The van der Waals surface area contributed by atoms with Crippen molar-refractivity contribution in [2.45, 2.75) is 58.5 Å². The molecular weight excluding hydrogens is 356 g/mol. The first-order valence-electron chi connectivity index (χ1n) is 9.17. The Hall–Kier alpha value is -2.13. The smallest absolute Gasteiger partial charge is 0.334 e. The summed E-state index contributed by atoms with van der Waals surface area (Å²) in [6.45, 7) is 6.81. The molecule has 0 saturated heterocycles. The highest BCUT2D eigenvalue weighted by molar-refractivity contribution is 5.89. The Bertz CT molecular complexity index is 488. The fraction of sp³-hybridized carbons (Fsp3) is 0.722. The summed E-state index contributed by atoms with van der Waals surface area (Å²) in [6, 6.07) is 0. The van der Waals surface area contributed by atoms with Gasteiger partial charge in [0.05, 0.1) is 32.5 Å². The Morgan fingerprint density at radius 3 is 2.37 bits per heavy atom. The van der Waals surface area contributed by atoms with Gasteiger partial charge in [-0.15, -0.1) is 0 Å². The highest BCUT2D eigenvalue weighted by atomic mass is 16.6. The molecule has 1 aliphatic carbocycles. The second kappa shape index (κ2) is 15.0. The quantitative estimate of drug-likeness (QED) is 0.0981. The van der Waals surface area contributed by atoms with Gasteiger partial charge in [-0.1, -0.05) is 12.1 Å². The normalized spacial score (nSPS) is 15.7. The molecule has 0 heterocycles. The van der Waals surface area contributed by atoms with Crippen LogP contribution >= 0.6 is 0 Å². The Balaban J connectivity index is 0.00000119. The summed E-state index contributed by atoms with van der Waals surface area (Å²) < 4.78 is 14.6. The highest BCUT2D eigenvalue weighted by Gasteiger charge is 2.42. The van der Waals surface area contributed by atoms with Gasteiger partial charge < -0.3 is 29.9 Å². The van der Waals surface area contributed by atoms with Crippen LogP contribution in [0.4, 0.5) is 0 Å². The molecule has 0 atom stereocenters. The third kappa shape index (κ3) is 9.95. The Morgan fingerprint density at radius 1 is 1.26 bits per heavy atom. The van der Waals surface area contributed by atoms with Gasteiger partial charge in [0, 0.05) is 6.42 Å². The molecule has 0 bridgehead atoms. The van der Waals surface area contributed by atoms with E-state index in [9.17, 15) is 9.59 Å². The van der Waals surface area contributed by atoms with Crippen molar-refractivity contribution < 1.29 is 33.7 Å². The summed E-state index contributed by atoms with van der Waals surface area (Å²) >= 11 is 0. The molecular formula is C18H32N2O7. The lowest BCUT2D eigenvalue weighted by Gasteiger charge is -2.40. The number of hydrogen-bond donors (Lipinski definition) is 2. The van der Waals surface area contributed by atoms with Gasteiger partial charge in [-0.3, -0.25) is 4.79 Å². The average Bonchev–Trinajstić information content (AvgIpc) is 2.60. The van der Waals surface area contributed by atoms with Crippen LogP contribution in [0.25, 0.3) is 0 Å². The summed E-state index contributed by atoms with van der Waals surface area (Å²) in [5, 5.41) is 12.8. The van der Waals surface area contributed by atoms with Crippen molar-refractivity contribution in [1.29, 1.82) is 0 Å². The summed E-state index contributed by atoms with van der Waals surface area (Å²) in [4.78, 5) is 26.0. The summed E-state index contributed by atoms with van der Waals surface area (Å²) in [5.41, 5.74) is 5.31. The zero-order valence-corrected chi connectivity index (χ0v) is 16.4. The molecule has 1 rings (SSSR count). The summed E-state index contributed by atoms with van der Waals surface area (Å²) in [6.07, 6.45) is 5.12. The second-order valence-electron chi connectivity index (χ2n) is 5.65. The number of ether oxygens (including phenoxy) is 3. The first-order chi connectivity index (χ1) is 13.0. The molecule has 0 radical (unpaired) electrons. The lowest BCUT2D eigenvalue weighted by molar-refractivity contribution is -0.137. The van der Waals surface area contributed by atoms with E-state index in [2.05, 4.69) is 9.89 Å². The number of aliphatic hydroxyl groups excluding tert-OH is 1. The standard InChI is InChI=1S/C15H26N2O5.C3H6O2/c1-3-6-12(11-13(19)20-4-2)22-17-14(16)15(7-5-8-15)21-10-9-18;1-2-5-3-4/h11,18H,3-10H2,1-2H3,(H2,16,17);3H,2H2,1H3/b12-11+;. The molecule has 9 heteroatoms. The van der Waals surface area contributed by atoms with Crippen LogP contribution in [-0.4, -0.2) is 55.4 Å². The molecule has 9 nitrogen and oxygen atoms in total. The minimum atomic E-state index is -0.649. The number of allylic oxidation sites excluding steroid dienone is 1. The van der Waals surface area contributed by atoms with E-state index in [0.717, 1.165) is 25.7 Å². The van der Waals surface area contributed by atoms with E-state index >= 15 is 0 Å². The number of amidine groups is 1. The number of nitrogens with zero attached hydrogens (tertiary/aromatic N) is 1. The number of carbonyl (C=O) groups excluding carboxylic acids is 2. The van der Waals surface area contributed by atoms with E-state index < -0.39 is 11.6 Å². The maximum Gasteiger partial charge on any atom is 0.334 e. The predicted molar refractivity (Wildman–Crippen MR) is 99.6 cm³/mol. The van der Waals surface area contributed by atoms with E-state index in [1.165, 1.54) is 6.08 Å². The van der Waals surface area contributed by atoms with Crippen molar-refractivity contribution in [3.63, 3.8) is 0 Å². The Morgan fingerprint density at radius 2 is 1.96 bits per heavy atom. The van der Waals surface area contributed by atoms with Crippen LogP contribution in [-0.2, 0) is 28.6 Å². The molecule has 3 N–H and O–H groups in total. The number of carbonyl (C=O) groups is 2. The first-order valence-corrected chi connectivity index (χ1v) is 9.17. The third-order valence-electron chi connectivity index (χ3n) is 3.66. The number of oxime groups is 1. The van der Waals surface area contributed by atoms with Crippen molar-refractivity contribution >= 4 is 18.3 Å². The molecule has 156 valence electrons. The summed E-state index contributed by atoms with van der Waals surface area (Å²) in [7, 11) is 0. The van der Waals surface area contributed by atoms with E-state index in [-0.39, 0.29) is 19.0 Å². The SMILES string of the molecule is CCC/C(=C\C(=O)OCC)O/N=C(/N)C1(OCCO)CCC1.CCOC=O. The molecule has 0 amide bonds. The van der Waals surface area contributed by atoms with Gasteiger partial charge in [-0.05, 0) is 39.5 Å². The molecule has 0 aliphatic heterocycles. The third-order valence-corrected chi connectivity index (χ3v) is 3.66. The second-order valence-corrected chi connectivity index (χ2v) is 5.65. The van der Waals surface area contributed by atoms with E-state index in [4.69, 9.17) is 25.2 Å². The van der Waals surface area contributed by atoms with Crippen LogP contribution in [0.1, 0.15) is 52.9 Å². The summed E-state index contributed by atoms with van der Waals surface area (Å²) in [5.74, 6) is 0.174. The van der Waals surface area contributed by atoms with Crippen molar-refractivity contribution in [2.75, 3.05) is 26.4 Å². The van der Waals surface area contributed by atoms with Crippen LogP contribution in [0.5, 0.6) is 0 Å². The van der Waals surface area contributed by atoms with Crippen molar-refractivity contribution in [3.8, 4) is 0 Å². The molecule has 1 aliphatic rings. The molecule has 0 aromatic rings. The zero-order chi connectivity index (χ0) is 20.5. The lowest BCUT2D eigenvalue weighted by atomic mass is 9.79. The molecule has 0 aromatic carbocycles. The number of nitrogens with two attached hydrogens (primary N) is 1. The Labute approximate surface area is 160 Å². The highest BCUT2D eigenvalue weighted by Crippen LogP contribution is 2.35. The maximum absolute atomic E-state index is 11.5. The monoisotopic (exact) mass is 388 g/mol. The topological polar surface area (TPSA) is 130 Å². The van der Waals surface area contributed by atoms with Gasteiger partial charge >= 0.3 is 5.97 Å². The van der Waals surface area contributed by atoms with Gasteiger partial charge in [0.1, 0.15) is 11.4 Å². The fourth-order valence-corrected chi connectivity index (χ4v) is 2.18. The molecule has 0 unspecified atom stereocenters. The fourth-order valence-electron chi connectivity index (χ4n) is 2.18. The van der Waals surface area contributed by atoms with Gasteiger partial charge in [0.2, 0.25) is 0 Å². The maximum atomic E-state index is 11.5. The van der Waals surface area contributed by atoms with Gasteiger partial charge in [0.15, 0.2) is 5.84 Å². The van der Waals surface area contributed by atoms with E-state index in [1.807, 2.05) is 6.92 Å². The molecule has 1 saturated carbocycles. The first kappa shape index (κ1) is 24.9. The minimum absolute atomic E-state index is 0.0697. The lowest BCUT2D eigenvalue weighted by Crippen LogP contribution is -2.52. The van der Waals surface area contributed by atoms with Crippen LogP contribution in [0, 0.1) is 0 Å². The minimum Gasteiger partial charge on any atom is -0.468 e. The van der Waals surface area contributed by atoms with Crippen molar-refractivity contribution in [1.82, 2.24) is 0 Å². The molecule has 0 spiro atoms.